The van der Waals surface area contributed by atoms with Gasteiger partial charge in [0.25, 0.3) is 0 Å². The Bertz CT molecular complexity index is 483. The second-order valence-electron chi connectivity index (χ2n) is 6.55. The summed E-state index contributed by atoms with van der Waals surface area (Å²) in [5.74, 6) is 0. The molecule has 2 rings (SSSR count). The molecule has 1 aliphatic rings. The maximum absolute atomic E-state index is 8.91. The van der Waals surface area contributed by atoms with Gasteiger partial charge in [0.2, 0.25) is 0 Å². The molecule has 0 spiro atoms. The minimum absolute atomic E-state index is 0.495. The summed E-state index contributed by atoms with van der Waals surface area (Å²) in [7, 11) is 0. The highest BCUT2D eigenvalue weighted by atomic mass is 15.1. The van der Waals surface area contributed by atoms with E-state index in [-0.39, 0.29) is 0 Å². The van der Waals surface area contributed by atoms with Crippen molar-refractivity contribution in [3.63, 3.8) is 0 Å². The second-order valence-corrected chi connectivity index (χ2v) is 6.55. The van der Waals surface area contributed by atoms with Crippen molar-refractivity contribution in [2.75, 3.05) is 13.1 Å². The molecule has 0 atom stereocenters. The van der Waals surface area contributed by atoms with Gasteiger partial charge < -0.3 is 0 Å². The quantitative estimate of drug-likeness (QED) is 0.803. The fourth-order valence-electron chi connectivity index (χ4n) is 2.82. The van der Waals surface area contributed by atoms with E-state index in [9.17, 15) is 0 Å². The molecule has 2 heteroatoms. The standard InChI is InChI=1S/C17H24N2/c1-14-11-15(12-18)5-6-16(14)13-19-9-4-7-17(2,3)8-10-19/h5-6,11H,4,7-10,13H2,1-3H3. The van der Waals surface area contributed by atoms with Crippen LogP contribution >= 0.6 is 0 Å². The van der Waals surface area contributed by atoms with Crippen LogP contribution in [0, 0.1) is 23.7 Å². The first-order valence-corrected chi connectivity index (χ1v) is 7.22. The molecule has 19 heavy (non-hydrogen) atoms. The molecule has 1 heterocycles. The van der Waals surface area contributed by atoms with Crippen LogP contribution in [0.1, 0.15) is 49.8 Å². The highest BCUT2D eigenvalue weighted by Crippen LogP contribution is 2.30. The van der Waals surface area contributed by atoms with Crippen LogP contribution in [0.15, 0.2) is 18.2 Å². The van der Waals surface area contributed by atoms with Gasteiger partial charge in [0.05, 0.1) is 11.6 Å². The molecule has 1 aromatic carbocycles. The van der Waals surface area contributed by atoms with E-state index in [0.717, 1.165) is 12.1 Å². The first-order chi connectivity index (χ1) is 9.00. The van der Waals surface area contributed by atoms with Crippen molar-refractivity contribution in [3.8, 4) is 6.07 Å². The van der Waals surface area contributed by atoms with Crippen molar-refractivity contribution in [2.24, 2.45) is 5.41 Å². The Morgan fingerprint density at radius 2 is 2.05 bits per heavy atom. The molecule has 1 fully saturated rings. The van der Waals surface area contributed by atoms with E-state index in [1.165, 1.54) is 43.5 Å². The zero-order valence-electron chi connectivity index (χ0n) is 12.4. The van der Waals surface area contributed by atoms with Gasteiger partial charge in [-0.2, -0.15) is 5.26 Å². The average Bonchev–Trinajstić information content (AvgIpc) is 2.53. The van der Waals surface area contributed by atoms with Crippen LogP contribution in [0.2, 0.25) is 0 Å². The fraction of sp³-hybridized carbons (Fsp3) is 0.588. The molecule has 0 bridgehead atoms. The third kappa shape index (κ3) is 3.81. The molecule has 102 valence electrons. The monoisotopic (exact) mass is 256 g/mol. The van der Waals surface area contributed by atoms with E-state index in [0.29, 0.717) is 5.41 Å². The Labute approximate surface area is 117 Å². The van der Waals surface area contributed by atoms with Gasteiger partial charge in [-0.3, -0.25) is 4.90 Å². The molecule has 0 aromatic heterocycles. The molecule has 1 saturated heterocycles. The molecule has 0 unspecified atom stereocenters. The molecular formula is C17H24N2. The maximum atomic E-state index is 8.91. The van der Waals surface area contributed by atoms with E-state index >= 15 is 0 Å². The summed E-state index contributed by atoms with van der Waals surface area (Å²) < 4.78 is 0. The van der Waals surface area contributed by atoms with Crippen molar-refractivity contribution in [1.82, 2.24) is 4.90 Å². The van der Waals surface area contributed by atoms with Crippen molar-refractivity contribution < 1.29 is 0 Å². The first kappa shape index (κ1) is 14.1. The van der Waals surface area contributed by atoms with E-state index in [4.69, 9.17) is 5.26 Å². The lowest BCUT2D eigenvalue weighted by Crippen LogP contribution is -2.25. The summed E-state index contributed by atoms with van der Waals surface area (Å²) in [5, 5.41) is 8.91. The van der Waals surface area contributed by atoms with Crippen LogP contribution in [0.4, 0.5) is 0 Å². The lowest BCUT2D eigenvalue weighted by atomic mass is 9.85. The van der Waals surface area contributed by atoms with Gasteiger partial charge in [0.15, 0.2) is 0 Å². The van der Waals surface area contributed by atoms with Gasteiger partial charge in [0, 0.05) is 6.54 Å². The number of nitriles is 1. The topological polar surface area (TPSA) is 27.0 Å². The summed E-state index contributed by atoms with van der Waals surface area (Å²) in [4.78, 5) is 2.56. The van der Waals surface area contributed by atoms with E-state index in [1.54, 1.807) is 0 Å². The lowest BCUT2D eigenvalue weighted by molar-refractivity contribution is 0.255. The van der Waals surface area contributed by atoms with Gasteiger partial charge in [-0.1, -0.05) is 19.9 Å². The number of nitrogens with zero attached hydrogens (tertiary/aromatic N) is 2. The molecule has 0 N–H and O–H groups in total. The summed E-state index contributed by atoms with van der Waals surface area (Å²) in [6, 6.07) is 8.25. The predicted octanol–water partition coefficient (Wildman–Crippen LogP) is 3.88. The number of hydrogen-bond acceptors (Lipinski definition) is 2. The van der Waals surface area contributed by atoms with Crippen molar-refractivity contribution >= 4 is 0 Å². The zero-order chi connectivity index (χ0) is 13.9. The Morgan fingerprint density at radius 1 is 1.26 bits per heavy atom. The highest BCUT2D eigenvalue weighted by Gasteiger charge is 2.23. The molecule has 0 saturated carbocycles. The van der Waals surface area contributed by atoms with Crippen LogP contribution in [-0.2, 0) is 6.54 Å². The van der Waals surface area contributed by atoms with Gasteiger partial charge >= 0.3 is 0 Å². The Kier molecular flexibility index (Phi) is 4.27. The molecule has 0 amide bonds. The molecule has 1 aromatic rings. The van der Waals surface area contributed by atoms with Crippen molar-refractivity contribution in [1.29, 1.82) is 5.26 Å². The fourth-order valence-corrected chi connectivity index (χ4v) is 2.82. The smallest absolute Gasteiger partial charge is 0.0991 e. The largest absolute Gasteiger partial charge is 0.299 e. The van der Waals surface area contributed by atoms with Gasteiger partial charge in [0.1, 0.15) is 0 Å². The predicted molar refractivity (Wildman–Crippen MR) is 78.8 cm³/mol. The number of hydrogen-bond donors (Lipinski definition) is 0. The van der Waals surface area contributed by atoms with E-state index in [1.807, 2.05) is 12.1 Å². The molecule has 0 radical (unpaired) electrons. The Morgan fingerprint density at radius 3 is 2.74 bits per heavy atom. The molecule has 0 aliphatic carbocycles. The van der Waals surface area contributed by atoms with Gasteiger partial charge in [-0.25, -0.2) is 0 Å². The van der Waals surface area contributed by atoms with E-state index < -0.39 is 0 Å². The maximum Gasteiger partial charge on any atom is 0.0991 e. The first-order valence-electron chi connectivity index (χ1n) is 7.22. The Hall–Kier alpha value is -1.33. The molecule has 1 aliphatic heterocycles. The third-order valence-electron chi connectivity index (χ3n) is 4.30. The van der Waals surface area contributed by atoms with Crippen LogP contribution in [-0.4, -0.2) is 18.0 Å². The summed E-state index contributed by atoms with van der Waals surface area (Å²) in [5.41, 5.74) is 3.86. The summed E-state index contributed by atoms with van der Waals surface area (Å²) >= 11 is 0. The van der Waals surface area contributed by atoms with Crippen LogP contribution < -0.4 is 0 Å². The average molecular weight is 256 g/mol. The lowest BCUT2D eigenvalue weighted by Gasteiger charge is -2.23. The number of likely N-dealkylation sites (tertiary alicyclic amines) is 1. The van der Waals surface area contributed by atoms with Crippen LogP contribution in [0.25, 0.3) is 0 Å². The number of rotatable bonds is 2. The normalized spacial score (nSPS) is 19.7. The second kappa shape index (κ2) is 5.75. The zero-order valence-corrected chi connectivity index (χ0v) is 12.4. The number of benzene rings is 1. The SMILES string of the molecule is Cc1cc(C#N)ccc1CN1CCCC(C)(C)CC1. The van der Waals surface area contributed by atoms with Crippen LogP contribution in [0.5, 0.6) is 0 Å². The molecule has 2 nitrogen and oxygen atoms in total. The number of aryl methyl sites for hydroxylation is 1. The third-order valence-corrected chi connectivity index (χ3v) is 4.30. The highest BCUT2D eigenvalue weighted by molar-refractivity contribution is 5.37. The minimum atomic E-state index is 0.495. The minimum Gasteiger partial charge on any atom is -0.299 e. The van der Waals surface area contributed by atoms with Gasteiger partial charge in [-0.15, -0.1) is 0 Å². The Balaban J connectivity index is 2.03. The molecular weight excluding hydrogens is 232 g/mol. The van der Waals surface area contributed by atoms with Crippen LogP contribution in [0.3, 0.4) is 0 Å². The van der Waals surface area contributed by atoms with Gasteiger partial charge in [-0.05, 0) is 68.0 Å². The summed E-state index contributed by atoms with van der Waals surface area (Å²) in [6.45, 7) is 10.3. The van der Waals surface area contributed by atoms with Crippen molar-refractivity contribution in [3.05, 3.63) is 34.9 Å². The van der Waals surface area contributed by atoms with E-state index in [2.05, 4.69) is 37.8 Å². The van der Waals surface area contributed by atoms with Crippen molar-refractivity contribution in [2.45, 2.75) is 46.6 Å². The summed E-state index contributed by atoms with van der Waals surface area (Å²) in [6.07, 6.45) is 3.90.